The lowest BCUT2D eigenvalue weighted by molar-refractivity contribution is -0.138. The zero-order valence-electron chi connectivity index (χ0n) is 9.30. The summed E-state index contributed by atoms with van der Waals surface area (Å²) in [5.41, 5.74) is 0. The van der Waals surface area contributed by atoms with E-state index in [1.807, 2.05) is 0 Å². The molecule has 12 heteroatoms. The number of ether oxygens (including phenoxy) is 1. The van der Waals surface area contributed by atoms with E-state index in [1.165, 1.54) is 0 Å². The Balaban J connectivity index is 2.44. The topological polar surface area (TPSA) is 47.0 Å². The molecule has 1 heterocycles. The van der Waals surface area contributed by atoms with Crippen LogP contribution in [0.3, 0.4) is 0 Å². The Labute approximate surface area is 117 Å². The lowest BCUT2D eigenvalue weighted by Crippen LogP contribution is -2.14. The molecule has 1 aromatic heterocycles. The molecule has 0 saturated heterocycles. The number of hydrogen-bond acceptors (Lipinski definition) is 5. The number of nitrogens with zero attached hydrogens (tertiary/aromatic N) is 2. The molecule has 112 valence electrons. The van der Waals surface area contributed by atoms with Crippen molar-refractivity contribution >= 4 is 33.9 Å². The van der Waals surface area contributed by atoms with E-state index in [0.29, 0.717) is 0 Å². The standard InChI is InChI=1S/C8H5F6N3OS2/c9-3(4(10)11)1-2-18-7(19)15-6-17-16-5(20-6)8(12,13)14/h1-2H2,(H,15,17,19). The maximum Gasteiger partial charge on any atom is 0.445 e. The highest BCUT2D eigenvalue weighted by atomic mass is 32.1. The molecule has 0 radical (unpaired) electrons. The van der Waals surface area contributed by atoms with Gasteiger partial charge in [-0.3, -0.25) is 5.32 Å². The minimum Gasteiger partial charge on any atom is -0.470 e. The van der Waals surface area contributed by atoms with Crippen LogP contribution in [-0.4, -0.2) is 22.0 Å². The maximum atomic E-state index is 12.4. The highest BCUT2D eigenvalue weighted by Crippen LogP contribution is 2.32. The van der Waals surface area contributed by atoms with Crippen molar-refractivity contribution in [3.63, 3.8) is 0 Å². The van der Waals surface area contributed by atoms with Gasteiger partial charge in [-0.2, -0.15) is 22.0 Å². The summed E-state index contributed by atoms with van der Waals surface area (Å²) in [5.74, 6) is -1.65. The molecule has 4 nitrogen and oxygen atoms in total. The first-order valence-electron chi connectivity index (χ1n) is 4.74. The number of alkyl halides is 3. The molecule has 20 heavy (non-hydrogen) atoms. The Morgan fingerprint density at radius 1 is 1.25 bits per heavy atom. The SMILES string of the molecule is FC(F)=C(F)CCOC(=S)Nc1nnc(C(F)(F)F)s1. The van der Waals surface area contributed by atoms with Gasteiger partial charge >= 0.3 is 12.3 Å². The zero-order valence-corrected chi connectivity index (χ0v) is 10.9. The number of rotatable bonds is 4. The molecule has 0 aliphatic carbocycles. The van der Waals surface area contributed by atoms with Gasteiger partial charge in [0, 0.05) is 6.42 Å². The molecule has 0 saturated carbocycles. The molecular weight excluding hydrogens is 332 g/mol. The van der Waals surface area contributed by atoms with Gasteiger partial charge in [-0.05, 0) is 12.2 Å². The third-order valence-corrected chi connectivity index (χ3v) is 2.74. The Bertz CT molecular complexity index is 511. The van der Waals surface area contributed by atoms with Crippen molar-refractivity contribution in [2.75, 3.05) is 11.9 Å². The number of hydrogen-bond donors (Lipinski definition) is 1. The van der Waals surface area contributed by atoms with E-state index in [1.54, 1.807) is 0 Å². The maximum absolute atomic E-state index is 12.4. The van der Waals surface area contributed by atoms with Crippen LogP contribution in [0.15, 0.2) is 11.9 Å². The predicted molar refractivity (Wildman–Crippen MR) is 62.1 cm³/mol. The first-order valence-corrected chi connectivity index (χ1v) is 5.96. The molecule has 0 aliphatic rings. The number of aromatic nitrogens is 2. The summed E-state index contributed by atoms with van der Waals surface area (Å²) in [6, 6.07) is 0. The molecule has 1 N–H and O–H groups in total. The average Bonchev–Trinajstić information content (AvgIpc) is 2.76. The molecule has 0 unspecified atom stereocenters. The van der Waals surface area contributed by atoms with E-state index in [2.05, 4.69) is 32.5 Å². The van der Waals surface area contributed by atoms with Gasteiger partial charge in [0.05, 0.1) is 6.61 Å². The van der Waals surface area contributed by atoms with Gasteiger partial charge in [0.1, 0.15) is 0 Å². The van der Waals surface area contributed by atoms with Crippen molar-refractivity contribution in [1.82, 2.24) is 10.2 Å². The Kier molecular flexibility index (Phi) is 5.68. The fourth-order valence-electron chi connectivity index (χ4n) is 0.840. The van der Waals surface area contributed by atoms with Crippen LogP contribution >= 0.6 is 23.6 Å². The van der Waals surface area contributed by atoms with Crippen LogP contribution in [0.25, 0.3) is 0 Å². The van der Waals surface area contributed by atoms with Crippen molar-refractivity contribution in [3.05, 3.63) is 16.9 Å². The molecular formula is C8H5F6N3OS2. The fourth-order valence-corrected chi connectivity index (χ4v) is 1.69. The van der Waals surface area contributed by atoms with Crippen molar-refractivity contribution < 1.29 is 31.1 Å². The number of nitrogens with one attached hydrogen (secondary N) is 1. The summed E-state index contributed by atoms with van der Waals surface area (Å²) in [4.78, 5) is 0. The highest BCUT2D eigenvalue weighted by Gasteiger charge is 2.35. The van der Waals surface area contributed by atoms with Gasteiger partial charge in [-0.15, -0.1) is 10.2 Å². The molecule has 1 rings (SSSR count). The number of halogens is 6. The summed E-state index contributed by atoms with van der Waals surface area (Å²) < 4.78 is 77.0. The minimum absolute atomic E-state index is 0.184. The molecule has 0 atom stereocenters. The minimum atomic E-state index is -4.63. The predicted octanol–water partition coefficient (Wildman–Crippen LogP) is 3.74. The first kappa shape index (κ1) is 16.6. The molecule has 0 aromatic carbocycles. The van der Waals surface area contributed by atoms with Gasteiger partial charge in [0.15, 0.2) is 5.83 Å². The Morgan fingerprint density at radius 2 is 1.90 bits per heavy atom. The van der Waals surface area contributed by atoms with Crippen LogP contribution < -0.4 is 5.32 Å². The van der Waals surface area contributed by atoms with Crippen molar-refractivity contribution in [2.24, 2.45) is 0 Å². The molecule has 0 bridgehead atoms. The lowest BCUT2D eigenvalue weighted by Gasteiger charge is -2.06. The number of anilines is 1. The van der Waals surface area contributed by atoms with E-state index >= 15 is 0 Å². The van der Waals surface area contributed by atoms with Gasteiger partial charge in [0.2, 0.25) is 10.1 Å². The third-order valence-electron chi connectivity index (χ3n) is 1.64. The van der Waals surface area contributed by atoms with E-state index in [9.17, 15) is 26.3 Å². The second kappa shape index (κ2) is 6.83. The highest BCUT2D eigenvalue weighted by molar-refractivity contribution is 7.80. The summed E-state index contributed by atoms with van der Waals surface area (Å²) in [6.07, 6.45) is -7.81. The van der Waals surface area contributed by atoms with E-state index in [0.717, 1.165) is 0 Å². The van der Waals surface area contributed by atoms with Crippen molar-refractivity contribution in [1.29, 1.82) is 0 Å². The summed E-state index contributed by atoms with van der Waals surface area (Å²) in [6.45, 7) is -0.500. The summed E-state index contributed by atoms with van der Waals surface area (Å²) >= 11 is 4.74. The van der Waals surface area contributed by atoms with Gasteiger partial charge in [-0.25, -0.2) is 4.39 Å². The zero-order chi connectivity index (χ0) is 15.3. The molecule has 0 aliphatic heterocycles. The third kappa shape index (κ3) is 5.28. The quantitative estimate of drug-likeness (QED) is 0.670. The summed E-state index contributed by atoms with van der Waals surface area (Å²) in [7, 11) is 0. The first-order chi connectivity index (χ1) is 9.20. The Morgan fingerprint density at radius 3 is 2.40 bits per heavy atom. The normalized spacial score (nSPS) is 11.1. The van der Waals surface area contributed by atoms with Gasteiger partial charge in [-0.1, -0.05) is 11.3 Å². The van der Waals surface area contributed by atoms with E-state index < -0.39 is 41.3 Å². The average molecular weight is 337 g/mol. The Hall–Kier alpha value is -1.43. The molecule has 0 amide bonds. The van der Waals surface area contributed by atoms with Crippen molar-refractivity contribution in [2.45, 2.75) is 12.6 Å². The summed E-state index contributed by atoms with van der Waals surface area (Å²) in [5, 5.41) is 6.30. The van der Waals surface area contributed by atoms with E-state index in [4.69, 9.17) is 0 Å². The van der Waals surface area contributed by atoms with Gasteiger partial charge in [0.25, 0.3) is 5.17 Å². The van der Waals surface area contributed by atoms with Crippen LogP contribution in [0.2, 0.25) is 0 Å². The van der Waals surface area contributed by atoms with Crippen molar-refractivity contribution in [3.8, 4) is 0 Å². The van der Waals surface area contributed by atoms with Crippen LogP contribution in [0.5, 0.6) is 0 Å². The van der Waals surface area contributed by atoms with Gasteiger partial charge < -0.3 is 4.74 Å². The van der Waals surface area contributed by atoms with Crippen LogP contribution in [0.1, 0.15) is 11.4 Å². The largest absolute Gasteiger partial charge is 0.470 e. The molecule has 0 spiro atoms. The van der Waals surface area contributed by atoms with Crippen LogP contribution in [0, 0.1) is 0 Å². The number of thiocarbonyl (C=S) groups is 1. The second-order valence-electron chi connectivity index (χ2n) is 3.09. The van der Waals surface area contributed by atoms with Crippen LogP contribution in [0.4, 0.5) is 31.5 Å². The molecule has 0 fully saturated rings. The second-order valence-corrected chi connectivity index (χ2v) is 4.43. The lowest BCUT2D eigenvalue weighted by atomic mass is 10.4. The smallest absolute Gasteiger partial charge is 0.445 e. The van der Waals surface area contributed by atoms with Crippen LogP contribution in [-0.2, 0) is 10.9 Å². The van der Waals surface area contributed by atoms with E-state index in [-0.39, 0.29) is 16.5 Å². The monoisotopic (exact) mass is 337 g/mol. The fraction of sp³-hybridized carbons (Fsp3) is 0.375. The molecule has 1 aromatic rings.